The molecule has 7 heteroatoms. The fourth-order valence-corrected chi connectivity index (χ4v) is 1.83. The Kier molecular flexibility index (Phi) is 5.35. The van der Waals surface area contributed by atoms with Crippen molar-refractivity contribution in [2.24, 2.45) is 0 Å². The van der Waals surface area contributed by atoms with Crippen molar-refractivity contribution in [2.75, 3.05) is 7.11 Å². The lowest BCUT2D eigenvalue weighted by molar-refractivity contribution is -0.126. The van der Waals surface area contributed by atoms with Crippen LogP contribution in [0.25, 0.3) is 0 Å². The number of benzene rings is 1. The summed E-state index contributed by atoms with van der Waals surface area (Å²) in [6.45, 7) is 1.30. The fraction of sp³-hybridized carbons (Fsp3) is 0.385. The first-order chi connectivity index (χ1) is 9.29. The molecule has 1 unspecified atom stereocenters. The molecule has 20 heavy (non-hydrogen) atoms. The molecule has 0 bridgehead atoms. The maximum atomic E-state index is 11.9. The van der Waals surface area contributed by atoms with Gasteiger partial charge in [-0.2, -0.15) is 0 Å². The van der Waals surface area contributed by atoms with E-state index in [4.69, 9.17) is 21.4 Å². The van der Waals surface area contributed by atoms with Gasteiger partial charge >= 0.3 is 0 Å². The average Bonchev–Trinajstić information content (AvgIpc) is 2.39. The van der Waals surface area contributed by atoms with E-state index in [2.05, 4.69) is 0 Å². The van der Waals surface area contributed by atoms with Crippen LogP contribution in [0.2, 0.25) is 5.02 Å². The number of aliphatic hydroxyl groups excluding tert-OH is 1. The summed E-state index contributed by atoms with van der Waals surface area (Å²) in [7, 11) is 1.29. The van der Waals surface area contributed by atoms with E-state index >= 15 is 0 Å². The van der Waals surface area contributed by atoms with Gasteiger partial charge in [-0.15, -0.1) is 0 Å². The van der Waals surface area contributed by atoms with Gasteiger partial charge in [0, 0.05) is 18.9 Å². The molecule has 0 amide bonds. The second kappa shape index (κ2) is 6.58. The highest BCUT2D eigenvalue weighted by Crippen LogP contribution is 2.42. The van der Waals surface area contributed by atoms with E-state index < -0.39 is 29.2 Å². The number of ether oxygens (including phenoxy) is 1. The first-order valence-corrected chi connectivity index (χ1v) is 6.19. The Hall–Kier alpha value is -1.79. The van der Waals surface area contributed by atoms with E-state index in [0.29, 0.717) is 0 Å². The lowest BCUT2D eigenvalue weighted by Gasteiger charge is -2.11. The molecule has 3 N–H and O–H groups in total. The van der Waals surface area contributed by atoms with Crippen LogP contribution in [0.4, 0.5) is 0 Å². The maximum absolute atomic E-state index is 11.9. The van der Waals surface area contributed by atoms with Gasteiger partial charge < -0.3 is 20.1 Å². The van der Waals surface area contributed by atoms with Crippen molar-refractivity contribution in [1.82, 2.24) is 0 Å². The van der Waals surface area contributed by atoms with Crippen LogP contribution in [0.1, 0.15) is 30.1 Å². The number of phenols is 2. The van der Waals surface area contributed by atoms with E-state index in [-0.39, 0.29) is 29.2 Å². The van der Waals surface area contributed by atoms with E-state index in [0.717, 1.165) is 6.07 Å². The fourth-order valence-electron chi connectivity index (χ4n) is 1.60. The quantitative estimate of drug-likeness (QED) is 0.691. The summed E-state index contributed by atoms with van der Waals surface area (Å²) < 4.78 is 4.82. The Morgan fingerprint density at radius 1 is 1.35 bits per heavy atom. The Labute approximate surface area is 120 Å². The summed E-state index contributed by atoms with van der Waals surface area (Å²) in [5, 5.41) is 28.4. The Balaban J connectivity index is 3.00. The predicted octanol–water partition coefficient (Wildman–Crippen LogP) is 1.67. The van der Waals surface area contributed by atoms with Gasteiger partial charge in [0.1, 0.15) is 28.2 Å². The maximum Gasteiger partial charge on any atom is 0.170 e. The highest BCUT2D eigenvalue weighted by Gasteiger charge is 2.23. The van der Waals surface area contributed by atoms with Crippen molar-refractivity contribution in [3.8, 4) is 17.2 Å². The molecule has 0 radical (unpaired) electrons. The molecule has 0 aliphatic rings. The SMILES string of the molecule is COc1cc(O)c(C(=O)CCC(=O)C(C)O)c(O)c1Cl. The van der Waals surface area contributed by atoms with Gasteiger partial charge in [-0.3, -0.25) is 9.59 Å². The Morgan fingerprint density at radius 3 is 2.45 bits per heavy atom. The number of Topliss-reactive ketones (excluding diaryl/α,β-unsaturated/α-hetero) is 2. The van der Waals surface area contributed by atoms with Crippen molar-refractivity contribution in [3.63, 3.8) is 0 Å². The Morgan fingerprint density at radius 2 is 1.95 bits per heavy atom. The summed E-state index contributed by atoms with van der Waals surface area (Å²) >= 11 is 5.78. The summed E-state index contributed by atoms with van der Waals surface area (Å²) in [4.78, 5) is 23.2. The van der Waals surface area contributed by atoms with Gasteiger partial charge in [0.05, 0.1) is 7.11 Å². The van der Waals surface area contributed by atoms with Crippen molar-refractivity contribution >= 4 is 23.2 Å². The van der Waals surface area contributed by atoms with Crippen molar-refractivity contribution in [3.05, 3.63) is 16.7 Å². The lowest BCUT2D eigenvalue weighted by atomic mass is 10.0. The van der Waals surface area contributed by atoms with Crippen LogP contribution in [0.15, 0.2) is 6.07 Å². The molecule has 110 valence electrons. The highest BCUT2D eigenvalue weighted by atomic mass is 35.5. The number of ketones is 2. The number of carbonyl (C=O) groups excluding carboxylic acids is 2. The van der Waals surface area contributed by atoms with Crippen LogP contribution in [0.5, 0.6) is 17.2 Å². The standard InChI is InChI=1S/C13H15ClO6/c1-6(15)7(16)3-4-8(17)11-9(18)5-10(20-2)12(14)13(11)19/h5-6,15,18-19H,3-4H2,1-2H3. The molecule has 0 fully saturated rings. The monoisotopic (exact) mass is 302 g/mol. The molecule has 1 aromatic rings. The average molecular weight is 303 g/mol. The van der Waals surface area contributed by atoms with E-state index in [1.807, 2.05) is 0 Å². The zero-order chi connectivity index (χ0) is 15.4. The van der Waals surface area contributed by atoms with Gasteiger partial charge in [0.15, 0.2) is 17.3 Å². The minimum absolute atomic E-state index is 0.0262. The summed E-state index contributed by atoms with van der Waals surface area (Å²) in [5.74, 6) is -2.22. The van der Waals surface area contributed by atoms with Crippen LogP contribution < -0.4 is 4.74 Å². The van der Waals surface area contributed by atoms with Crippen LogP contribution >= 0.6 is 11.6 Å². The largest absolute Gasteiger partial charge is 0.507 e. The molecule has 1 rings (SSSR count). The first kappa shape index (κ1) is 16.3. The molecule has 0 aromatic heterocycles. The highest BCUT2D eigenvalue weighted by molar-refractivity contribution is 6.34. The predicted molar refractivity (Wildman–Crippen MR) is 71.6 cm³/mol. The number of hydrogen-bond donors (Lipinski definition) is 3. The van der Waals surface area contributed by atoms with Gasteiger partial charge in [-0.05, 0) is 6.92 Å². The molecule has 1 aromatic carbocycles. The van der Waals surface area contributed by atoms with Gasteiger partial charge in [-0.25, -0.2) is 0 Å². The molecule has 6 nitrogen and oxygen atoms in total. The molecular formula is C13H15ClO6. The minimum Gasteiger partial charge on any atom is -0.507 e. The van der Waals surface area contributed by atoms with Crippen molar-refractivity contribution in [2.45, 2.75) is 25.9 Å². The number of carbonyl (C=O) groups is 2. The zero-order valence-electron chi connectivity index (χ0n) is 11.0. The third-order valence-corrected chi connectivity index (χ3v) is 3.11. The van der Waals surface area contributed by atoms with Crippen molar-refractivity contribution in [1.29, 1.82) is 0 Å². The van der Waals surface area contributed by atoms with Crippen LogP contribution in [0, 0.1) is 0 Å². The third-order valence-electron chi connectivity index (χ3n) is 2.75. The summed E-state index contributed by atoms with van der Waals surface area (Å²) in [6, 6.07) is 1.10. The molecular weight excluding hydrogens is 288 g/mol. The zero-order valence-corrected chi connectivity index (χ0v) is 11.8. The van der Waals surface area contributed by atoms with Gasteiger partial charge in [0.2, 0.25) is 0 Å². The summed E-state index contributed by atoms with van der Waals surface area (Å²) in [5.41, 5.74) is -0.366. The molecule has 0 spiro atoms. The number of methoxy groups -OCH3 is 1. The second-order valence-electron chi connectivity index (χ2n) is 4.20. The number of phenolic OH excluding ortho intramolecular Hbond substituents is 2. The number of hydrogen-bond acceptors (Lipinski definition) is 6. The molecule has 0 saturated heterocycles. The smallest absolute Gasteiger partial charge is 0.170 e. The Bertz CT molecular complexity index is 538. The van der Waals surface area contributed by atoms with E-state index in [9.17, 15) is 19.8 Å². The van der Waals surface area contributed by atoms with Gasteiger partial charge in [0.25, 0.3) is 0 Å². The topological polar surface area (TPSA) is 104 Å². The molecule has 0 aliphatic heterocycles. The van der Waals surface area contributed by atoms with Crippen LogP contribution in [0.3, 0.4) is 0 Å². The van der Waals surface area contributed by atoms with Crippen LogP contribution in [-0.2, 0) is 4.79 Å². The molecule has 0 heterocycles. The number of aromatic hydroxyl groups is 2. The number of rotatable bonds is 6. The van der Waals surface area contributed by atoms with Crippen molar-refractivity contribution < 1.29 is 29.6 Å². The summed E-state index contributed by atoms with van der Waals surface area (Å²) in [6.07, 6.45) is -1.61. The van der Waals surface area contributed by atoms with Crippen LogP contribution in [-0.4, -0.2) is 40.1 Å². The first-order valence-electron chi connectivity index (χ1n) is 5.82. The second-order valence-corrected chi connectivity index (χ2v) is 4.58. The van der Waals surface area contributed by atoms with E-state index in [1.165, 1.54) is 14.0 Å². The molecule has 0 aliphatic carbocycles. The number of aliphatic hydroxyl groups is 1. The van der Waals surface area contributed by atoms with E-state index in [1.54, 1.807) is 0 Å². The molecule has 0 saturated carbocycles. The lowest BCUT2D eigenvalue weighted by Crippen LogP contribution is -2.17. The number of halogens is 1. The third kappa shape index (κ3) is 3.40. The minimum atomic E-state index is -1.16. The van der Waals surface area contributed by atoms with Gasteiger partial charge in [-0.1, -0.05) is 11.6 Å². The molecule has 1 atom stereocenters. The normalized spacial score (nSPS) is 12.0.